The maximum atomic E-state index is 10.9. The summed E-state index contributed by atoms with van der Waals surface area (Å²) in [6, 6.07) is 7.12. The maximum absolute atomic E-state index is 10.9. The first kappa shape index (κ1) is 13.4. The van der Waals surface area contributed by atoms with Crippen molar-refractivity contribution in [2.24, 2.45) is 17.3 Å². The van der Waals surface area contributed by atoms with Crippen molar-refractivity contribution in [2.75, 3.05) is 0 Å². The molecule has 1 aliphatic rings. The molecule has 4 heteroatoms. The molecule has 2 rings (SSSR count). The Hall–Kier alpha value is -0.990. The first-order valence-corrected chi connectivity index (χ1v) is 6.43. The van der Waals surface area contributed by atoms with Crippen LogP contribution in [0, 0.1) is 17.3 Å². The molecule has 2 nitrogen and oxygen atoms in total. The van der Waals surface area contributed by atoms with Gasteiger partial charge in [-0.25, -0.2) is 0 Å². The summed E-state index contributed by atoms with van der Waals surface area (Å²) in [7, 11) is 0. The fourth-order valence-corrected chi connectivity index (χ4v) is 2.69. The molecule has 1 aromatic carbocycles. The van der Waals surface area contributed by atoms with Gasteiger partial charge in [0, 0.05) is 21.9 Å². The van der Waals surface area contributed by atoms with Gasteiger partial charge < -0.3 is 9.90 Å². The van der Waals surface area contributed by atoms with E-state index in [-0.39, 0.29) is 11.3 Å². The van der Waals surface area contributed by atoms with Crippen LogP contribution in [0.1, 0.15) is 19.4 Å². The third kappa shape index (κ3) is 2.40. The van der Waals surface area contributed by atoms with Gasteiger partial charge in [-0.1, -0.05) is 55.3 Å². The van der Waals surface area contributed by atoms with Crippen molar-refractivity contribution in [3.8, 4) is 0 Å². The van der Waals surface area contributed by atoms with E-state index in [4.69, 9.17) is 23.2 Å². The number of carbonyl (C=O) groups excluding carboxylic acids is 1. The van der Waals surface area contributed by atoms with Crippen molar-refractivity contribution < 1.29 is 9.90 Å². The monoisotopic (exact) mass is 283 g/mol. The Morgan fingerprint density at radius 3 is 2.33 bits per heavy atom. The molecule has 1 saturated carbocycles. The van der Waals surface area contributed by atoms with Gasteiger partial charge >= 0.3 is 0 Å². The van der Waals surface area contributed by atoms with Gasteiger partial charge in [-0.15, -0.1) is 0 Å². The minimum atomic E-state index is -1.01. The Morgan fingerprint density at radius 2 is 1.89 bits per heavy atom. The van der Waals surface area contributed by atoms with E-state index in [2.05, 4.69) is 0 Å². The zero-order chi connectivity index (χ0) is 13.5. The van der Waals surface area contributed by atoms with E-state index in [0.717, 1.165) is 5.56 Å². The van der Waals surface area contributed by atoms with Crippen LogP contribution in [0.3, 0.4) is 0 Å². The van der Waals surface area contributed by atoms with Crippen LogP contribution < -0.4 is 5.11 Å². The van der Waals surface area contributed by atoms with E-state index in [9.17, 15) is 9.90 Å². The molecule has 1 aromatic rings. The number of carboxylic acids is 1. The molecule has 0 heterocycles. The predicted molar refractivity (Wildman–Crippen MR) is 71.1 cm³/mol. The van der Waals surface area contributed by atoms with Gasteiger partial charge in [-0.05, 0) is 29.0 Å². The molecular weight excluding hydrogens is 271 g/mol. The summed E-state index contributed by atoms with van der Waals surface area (Å²) < 4.78 is 0. The van der Waals surface area contributed by atoms with Gasteiger partial charge in [0.1, 0.15) is 0 Å². The van der Waals surface area contributed by atoms with E-state index < -0.39 is 11.9 Å². The van der Waals surface area contributed by atoms with Crippen LogP contribution in [0.5, 0.6) is 0 Å². The van der Waals surface area contributed by atoms with Crippen LogP contribution in [0.4, 0.5) is 0 Å². The molecule has 1 fully saturated rings. The molecule has 0 N–H and O–H groups in total. The zero-order valence-corrected chi connectivity index (χ0v) is 11.6. The standard InChI is InChI=1S/C14H14Cl2O2/c1-14(2)10(12(14)13(17)18)7-11(16)8-3-5-9(15)6-4-8/h3-7,10,12H,1-2H3,(H,17,18)/p-1/b11-7-. The van der Waals surface area contributed by atoms with Gasteiger partial charge in [0.05, 0.1) is 0 Å². The molecule has 18 heavy (non-hydrogen) atoms. The molecule has 0 saturated heterocycles. The van der Waals surface area contributed by atoms with Crippen molar-refractivity contribution >= 4 is 34.2 Å². The summed E-state index contributed by atoms with van der Waals surface area (Å²) in [5.74, 6) is -1.55. The van der Waals surface area contributed by atoms with Gasteiger partial charge in [0.25, 0.3) is 0 Å². The lowest BCUT2D eigenvalue weighted by Gasteiger charge is -2.01. The minimum absolute atomic E-state index is 0.0781. The first-order chi connectivity index (χ1) is 8.34. The molecular formula is C14H13Cl2O2-. The Bertz CT molecular complexity index is 503. The van der Waals surface area contributed by atoms with E-state index >= 15 is 0 Å². The molecule has 0 radical (unpaired) electrons. The van der Waals surface area contributed by atoms with Crippen LogP contribution in [0.2, 0.25) is 5.02 Å². The summed E-state index contributed by atoms with van der Waals surface area (Å²) in [4.78, 5) is 10.9. The van der Waals surface area contributed by atoms with Gasteiger partial charge in [0.2, 0.25) is 0 Å². The van der Waals surface area contributed by atoms with Gasteiger partial charge in [-0.3, -0.25) is 0 Å². The normalized spacial score (nSPS) is 25.9. The topological polar surface area (TPSA) is 40.1 Å². The molecule has 96 valence electrons. The number of aliphatic carboxylic acids is 1. The van der Waals surface area contributed by atoms with E-state index in [0.29, 0.717) is 10.1 Å². The summed E-state index contributed by atoms with van der Waals surface area (Å²) >= 11 is 12.0. The first-order valence-electron chi connectivity index (χ1n) is 5.68. The highest BCUT2D eigenvalue weighted by Gasteiger charge is 2.57. The summed E-state index contributed by atoms with van der Waals surface area (Å²) in [6.45, 7) is 3.81. The van der Waals surface area contributed by atoms with Crippen LogP contribution in [-0.2, 0) is 4.79 Å². The van der Waals surface area contributed by atoms with Crippen molar-refractivity contribution in [3.05, 3.63) is 40.9 Å². The Morgan fingerprint density at radius 1 is 1.33 bits per heavy atom. The fourth-order valence-electron chi connectivity index (χ4n) is 2.30. The van der Waals surface area contributed by atoms with Crippen molar-refractivity contribution in [1.29, 1.82) is 0 Å². The summed E-state index contributed by atoms with van der Waals surface area (Å²) in [5, 5.41) is 12.1. The van der Waals surface area contributed by atoms with Crippen molar-refractivity contribution in [1.82, 2.24) is 0 Å². The van der Waals surface area contributed by atoms with Crippen LogP contribution in [0.25, 0.3) is 5.03 Å². The van der Waals surface area contributed by atoms with E-state index in [1.807, 2.05) is 26.0 Å². The van der Waals surface area contributed by atoms with Gasteiger partial charge in [0.15, 0.2) is 0 Å². The molecule has 0 aromatic heterocycles. The van der Waals surface area contributed by atoms with E-state index in [1.165, 1.54) is 0 Å². The lowest BCUT2D eigenvalue weighted by Crippen LogP contribution is -2.26. The Balaban J connectivity index is 2.20. The number of allylic oxidation sites excluding steroid dienone is 1. The largest absolute Gasteiger partial charge is 0.550 e. The molecule has 2 atom stereocenters. The predicted octanol–water partition coefficient (Wildman–Crippen LogP) is 2.94. The van der Waals surface area contributed by atoms with Crippen LogP contribution in [0.15, 0.2) is 30.3 Å². The number of benzene rings is 1. The highest BCUT2D eigenvalue weighted by molar-refractivity contribution is 6.48. The van der Waals surface area contributed by atoms with E-state index in [1.54, 1.807) is 18.2 Å². The average Bonchev–Trinajstić information content (AvgIpc) is 2.81. The summed E-state index contributed by atoms with van der Waals surface area (Å²) in [5.41, 5.74) is 0.548. The number of hydrogen-bond donors (Lipinski definition) is 0. The third-order valence-electron chi connectivity index (χ3n) is 3.61. The molecule has 0 aliphatic heterocycles. The second kappa shape index (κ2) is 4.60. The van der Waals surface area contributed by atoms with Crippen molar-refractivity contribution in [3.63, 3.8) is 0 Å². The molecule has 2 unspecified atom stereocenters. The summed E-state index contributed by atoms with van der Waals surface area (Å²) in [6.07, 6.45) is 1.80. The third-order valence-corrected chi connectivity index (χ3v) is 4.21. The molecule has 0 bridgehead atoms. The highest BCUT2D eigenvalue weighted by atomic mass is 35.5. The van der Waals surface area contributed by atoms with Crippen LogP contribution in [-0.4, -0.2) is 5.97 Å². The quantitative estimate of drug-likeness (QED) is 0.856. The highest BCUT2D eigenvalue weighted by Crippen LogP contribution is 2.59. The minimum Gasteiger partial charge on any atom is -0.550 e. The lowest BCUT2D eigenvalue weighted by atomic mass is 10.1. The number of rotatable bonds is 3. The second-order valence-electron chi connectivity index (χ2n) is 5.17. The SMILES string of the molecule is CC1(C)C(/C=C(\Cl)c2ccc(Cl)cc2)C1C(=O)[O-]. The number of carbonyl (C=O) groups is 1. The second-order valence-corrected chi connectivity index (χ2v) is 6.01. The number of halogens is 2. The van der Waals surface area contributed by atoms with Gasteiger partial charge in [-0.2, -0.15) is 0 Å². The maximum Gasteiger partial charge on any atom is 0.0456 e. The number of hydrogen-bond acceptors (Lipinski definition) is 2. The Labute approximate surface area is 116 Å². The molecule has 1 aliphatic carbocycles. The molecule has 0 spiro atoms. The Kier molecular flexibility index (Phi) is 3.43. The van der Waals surface area contributed by atoms with Crippen molar-refractivity contribution in [2.45, 2.75) is 13.8 Å². The lowest BCUT2D eigenvalue weighted by molar-refractivity contribution is -0.308. The smallest absolute Gasteiger partial charge is 0.0456 e. The zero-order valence-electron chi connectivity index (χ0n) is 10.1. The number of carboxylic acid groups (broad SMARTS) is 1. The average molecular weight is 284 g/mol. The van der Waals surface area contributed by atoms with Crippen LogP contribution >= 0.6 is 23.2 Å². The fraction of sp³-hybridized carbons (Fsp3) is 0.357. The molecule has 0 amide bonds.